The Kier molecular flexibility index (Phi) is 4.20. The number of benzene rings is 1. The van der Waals surface area contributed by atoms with E-state index in [9.17, 15) is 4.79 Å². The van der Waals surface area contributed by atoms with Gasteiger partial charge in [-0.1, -0.05) is 6.92 Å². The van der Waals surface area contributed by atoms with Gasteiger partial charge in [0, 0.05) is 17.8 Å². The van der Waals surface area contributed by atoms with Crippen molar-refractivity contribution in [1.29, 1.82) is 0 Å². The zero-order valence-corrected chi connectivity index (χ0v) is 10.7. The minimum Gasteiger partial charge on any atom is -0.394 e. The highest BCUT2D eigenvalue weighted by molar-refractivity contribution is 5.95. The molecule has 2 rings (SSSR count). The predicted octanol–water partition coefficient (Wildman–Crippen LogP) is 1.55. The molecule has 0 spiro atoms. The topological polar surface area (TPSA) is 61.4 Å². The van der Waals surface area contributed by atoms with Crippen LogP contribution in [-0.4, -0.2) is 30.2 Å². The molecule has 0 aliphatic carbocycles. The van der Waals surface area contributed by atoms with Crippen molar-refractivity contribution in [2.45, 2.75) is 32.2 Å². The Morgan fingerprint density at radius 1 is 1.56 bits per heavy atom. The predicted molar refractivity (Wildman–Crippen MR) is 71.9 cm³/mol. The van der Waals surface area contributed by atoms with Gasteiger partial charge >= 0.3 is 0 Å². The molecule has 1 atom stereocenters. The van der Waals surface area contributed by atoms with Gasteiger partial charge in [-0.2, -0.15) is 0 Å². The number of hydrogen-bond donors (Lipinski definition) is 3. The molecule has 0 aromatic heterocycles. The third kappa shape index (κ3) is 2.82. The SMILES string of the molecule is CC[C@@H](CO)NC(=O)c1ccc2c(c1)CCCN2. The van der Waals surface area contributed by atoms with Crippen LogP contribution < -0.4 is 10.6 Å². The number of rotatable bonds is 4. The molecule has 1 amide bonds. The average molecular weight is 248 g/mol. The van der Waals surface area contributed by atoms with Crippen LogP contribution in [0.15, 0.2) is 18.2 Å². The van der Waals surface area contributed by atoms with Crippen molar-refractivity contribution in [1.82, 2.24) is 5.32 Å². The normalized spacial score (nSPS) is 15.4. The van der Waals surface area contributed by atoms with Crippen LogP contribution in [0.4, 0.5) is 5.69 Å². The number of amides is 1. The van der Waals surface area contributed by atoms with E-state index in [1.807, 2.05) is 25.1 Å². The molecule has 18 heavy (non-hydrogen) atoms. The van der Waals surface area contributed by atoms with E-state index in [0.29, 0.717) is 5.56 Å². The third-order valence-corrected chi connectivity index (χ3v) is 3.35. The maximum Gasteiger partial charge on any atom is 0.251 e. The van der Waals surface area contributed by atoms with Gasteiger partial charge in [-0.25, -0.2) is 0 Å². The summed E-state index contributed by atoms with van der Waals surface area (Å²) >= 11 is 0. The number of aliphatic hydroxyl groups excluding tert-OH is 1. The summed E-state index contributed by atoms with van der Waals surface area (Å²) in [4.78, 5) is 12.0. The number of hydrogen-bond acceptors (Lipinski definition) is 3. The van der Waals surface area contributed by atoms with Gasteiger partial charge in [0.2, 0.25) is 0 Å². The number of carbonyl (C=O) groups is 1. The number of carbonyl (C=O) groups excluding carboxylic acids is 1. The summed E-state index contributed by atoms with van der Waals surface area (Å²) in [5.74, 6) is -0.107. The lowest BCUT2D eigenvalue weighted by atomic mass is 10.0. The van der Waals surface area contributed by atoms with Crippen molar-refractivity contribution < 1.29 is 9.90 Å². The number of aliphatic hydroxyl groups is 1. The fraction of sp³-hybridized carbons (Fsp3) is 0.500. The van der Waals surface area contributed by atoms with E-state index in [0.717, 1.165) is 31.5 Å². The zero-order chi connectivity index (χ0) is 13.0. The fourth-order valence-corrected chi connectivity index (χ4v) is 2.16. The first-order valence-corrected chi connectivity index (χ1v) is 6.53. The van der Waals surface area contributed by atoms with Crippen molar-refractivity contribution >= 4 is 11.6 Å². The lowest BCUT2D eigenvalue weighted by molar-refractivity contribution is 0.0915. The molecule has 0 saturated heterocycles. The standard InChI is InChI=1S/C14H20N2O2/c1-2-12(9-17)16-14(18)11-5-6-13-10(8-11)4-3-7-15-13/h5-6,8,12,15,17H,2-4,7,9H2,1H3,(H,16,18)/t12-/m0/s1. The van der Waals surface area contributed by atoms with Crippen LogP contribution in [0.3, 0.4) is 0 Å². The molecule has 4 heteroatoms. The monoisotopic (exact) mass is 248 g/mol. The number of fused-ring (bicyclic) bond motifs is 1. The second-order valence-corrected chi connectivity index (χ2v) is 4.66. The van der Waals surface area contributed by atoms with Gasteiger partial charge in [0.25, 0.3) is 5.91 Å². The van der Waals surface area contributed by atoms with Gasteiger partial charge in [-0.05, 0) is 43.0 Å². The van der Waals surface area contributed by atoms with Gasteiger partial charge in [-0.15, -0.1) is 0 Å². The Hall–Kier alpha value is -1.55. The Bertz CT molecular complexity index is 428. The van der Waals surface area contributed by atoms with Crippen molar-refractivity contribution in [3.63, 3.8) is 0 Å². The lowest BCUT2D eigenvalue weighted by Gasteiger charge is -2.19. The van der Waals surface area contributed by atoms with Crippen molar-refractivity contribution in [2.24, 2.45) is 0 Å². The summed E-state index contributed by atoms with van der Waals surface area (Å²) in [5.41, 5.74) is 3.00. The molecule has 98 valence electrons. The van der Waals surface area contributed by atoms with E-state index in [1.54, 1.807) is 0 Å². The van der Waals surface area contributed by atoms with Gasteiger partial charge in [0.1, 0.15) is 0 Å². The molecule has 0 fully saturated rings. The van der Waals surface area contributed by atoms with Crippen molar-refractivity contribution in [2.75, 3.05) is 18.5 Å². The number of aryl methyl sites for hydroxylation is 1. The molecule has 1 aliphatic rings. The highest BCUT2D eigenvalue weighted by atomic mass is 16.3. The molecule has 1 aromatic rings. The molecule has 4 nitrogen and oxygen atoms in total. The molecule has 0 unspecified atom stereocenters. The fourth-order valence-electron chi connectivity index (χ4n) is 2.16. The van der Waals surface area contributed by atoms with Crippen LogP contribution in [0.5, 0.6) is 0 Å². The summed E-state index contributed by atoms with van der Waals surface area (Å²) in [7, 11) is 0. The second kappa shape index (κ2) is 5.87. The van der Waals surface area contributed by atoms with Crippen LogP contribution in [-0.2, 0) is 6.42 Å². The molecule has 1 aliphatic heterocycles. The highest BCUT2D eigenvalue weighted by Gasteiger charge is 2.14. The molecule has 1 aromatic carbocycles. The van der Waals surface area contributed by atoms with Gasteiger partial charge in [0.05, 0.1) is 12.6 Å². The first kappa shape index (κ1) is 12.9. The Morgan fingerprint density at radius 3 is 3.11 bits per heavy atom. The first-order chi connectivity index (χ1) is 8.74. The lowest BCUT2D eigenvalue weighted by Crippen LogP contribution is -2.37. The molecular formula is C14H20N2O2. The third-order valence-electron chi connectivity index (χ3n) is 3.35. The van der Waals surface area contributed by atoms with Crippen molar-refractivity contribution in [3.8, 4) is 0 Å². The van der Waals surface area contributed by atoms with E-state index in [2.05, 4.69) is 10.6 Å². The van der Waals surface area contributed by atoms with Crippen LogP contribution in [0.25, 0.3) is 0 Å². The van der Waals surface area contributed by atoms with Gasteiger partial charge in [-0.3, -0.25) is 4.79 Å². The average Bonchev–Trinajstić information content (AvgIpc) is 2.44. The van der Waals surface area contributed by atoms with E-state index in [1.165, 1.54) is 5.56 Å². The van der Waals surface area contributed by atoms with Crippen LogP contribution in [0.1, 0.15) is 35.7 Å². The molecule has 0 radical (unpaired) electrons. The Morgan fingerprint density at radius 2 is 2.39 bits per heavy atom. The largest absolute Gasteiger partial charge is 0.394 e. The quantitative estimate of drug-likeness (QED) is 0.757. The summed E-state index contributed by atoms with van der Waals surface area (Å²) in [6.45, 7) is 2.92. The minimum atomic E-state index is -0.161. The smallest absolute Gasteiger partial charge is 0.251 e. The van der Waals surface area contributed by atoms with E-state index >= 15 is 0 Å². The summed E-state index contributed by atoms with van der Waals surface area (Å²) in [6, 6.07) is 5.58. The van der Waals surface area contributed by atoms with Gasteiger partial charge < -0.3 is 15.7 Å². The molecule has 1 heterocycles. The Labute approximate surface area is 107 Å². The van der Waals surface area contributed by atoms with Crippen LogP contribution in [0.2, 0.25) is 0 Å². The summed E-state index contributed by atoms with van der Waals surface area (Å²) < 4.78 is 0. The maximum absolute atomic E-state index is 12.0. The zero-order valence-electron chi connectivity index (χ0n) is 10.7. The Balaban J connectivity index is 2.11. The summed E-state index contributed by atoms with van der Waals surface area (Å²) in [5, 5.41) is 15.2. The highest BCUT2D eigenvalue weighted by Crippen LogP contribution is 2.22. The first-order valence-electron chi connectivity index (χ1n) is 6.53. The van der Waals surface area contributed by atoms with E-state index in [-0.39, 0.29) is 18.6 Å². The molecule has 3 N–H and O–H groups in total. The van der Waals surface area contributed by atoms with E-state index in [4.69, 9.17) is 5.11 Å². The van der Waals surface area contributed by atoms with E-state index < -0.39 is 0 Å². The van der Waals surface area contributed by atoms with Crippen LogP contribution in [0, 0.1) is 0 Å². The summed E-state index contributed by atoms with van der Waals surface area (Å²) in [6.07, 6.45) is 2.85. The number of anilines is 1. The minimum absolute atomic E-state index is 0.0191. The second-order valence-electron chi connectivity index (χ2n) is 4.66. The molecule has 0 bridgehead atoms. The number of nitrogens with one attached hydrogen (secondary N) is 2. The maximum atomic E-state index is 12.0. The molecule has 0 saturated carbocycles. The molecular weight excluding hydrogens is 228 g/mol. The van der Waals surface area contributed by atoms with Crippen molar-refractivity contribution in [3.05, 3.63) is 29.3 Å². The van der Waals surface area contributed by atoms with Crippen LogP contribution >= 0.6 is 0 Å². The van der Waals surface area contributed by atoms with Gasteiger partial charge in [0.15, 0.2) is 0 Å².